The normalized spacial score (nSPS) is 19.8. The maximum absolute atomic E-state index is 15.2. The van der Waals surface area contributed by atoms with Gasteiger partial charge in [0.1, 0.15) is 33.9 Å². The third-order valence-corrected chi connectivity index (χ3v) is 8.64. The summed E-state index contributed by atoms with van der Waals surface area (Å²) in [4.78, 5) is 45.0. The van der Waals surface area contributed by atoms with Gasteiger partial charge in [0.2, 0.25) is 0 Å². The van der Waals surface area contributed by atoms with Crippen LogP contribution in [0.1, 0.15) is 103 Å². The summed E-state index contributed by atoms with van der Waals surface area (Å²) in [5.41, 5.74) is 1.99. The zero-order chi connectivity index (χ0) is 34.4. The second-order valence-electron chi connectivity index (χ2n) is 14.8. The number of carbonyl (C=O) groups is 2. The molecule has 2 atom stereocenters. The number of hydrogen-bond donors (Lipinski definition) is 2. The monoisotopic (exact) mass is 654 g/mol. The summed E-state index contributed by atoms with van der Waals surface area (Å²) in [6.45, 7) is 14.3. The number of amides is 2. The lowest BCUT2D eigenvalue weighted by atomic mass is 9.98. The fraction of sp³-hybridized carbons (Fsp3) is 0.459. The van der Waals surface area contributed by atoms with Crippen LogP contribution in [0.25, 0.3) is 22.3 Å². The first kappa shape index (κ1) is 33.1. The minimum Gasteiger partial charge on any atom is -0.444 e. The Bertz CT molecular complexity index is 1910. The van der Waals surface area contributed by atoms with E-state index in [9.17, 15) is 9.59 Å². The molecule has 0 aliphatic carbocycles. The Morgan fingerprint density at radius 1 is 0.938 bits per heavy atom. The van der Waals surface area contributed by atoms with E-state index in [-0.39, 0.29) is 17.7 Å². The third-order valence-electron chi connectivity index (χ3n) is 8.64. The Balaban J connectivity index is 1.16. The Labute approximate surface area is 280 Å². The molecule has 2 aliphatic heterocycles. The molecule has 0 bridgehead atoms. The number of benzene rings is 2. The zero-order valence-electron chi connectivity index (χ0n) is 28.7. The van der Waals surface area contributed by atoms with Crippen molar-refractivity contribution < 1.29 is 23.5 Å². The number of H-pyrrole nitrogens is 2. The van der Waals surface area contributed by atoms with Crippen LogP contribution in [0.4, 0.5) is 14.0 Å². The van der Waals surface area contributed by atoms with Crippen molar-refractivity contribution in [2.24, 2.45) is 0 Å². The summed E-state index contributed by atoms with van der Waals surface area (Å²) in [7, 11) is 0. The molecule has 0 unspecified atom stereocenters. The summed E-state index contributed by atoms with van der Waals surface area (Å²) in [5, 5.41) is 0. The number of nitrogens with zero attached hydrogens (tertiary/aromatic N) is 4. The van der Waals surface area contributed by atoms with Gasteiger partial charge in [-0.05, 0) is 104 Å². The van der Waals surface area contributed by atoms with Crippen LogP contribution in [0.3, 0.4) is 0 Å². The van der Waals surface area contributed by atoms with Gasteiger partial charge in [0.15, 0.2) is 5.82 Å². The van der Waals surface area contributed by atoms with Crippen LogP contribution in [0, 0.1) is 17.7 Å². The zero-order valence-corrected chi connectivity index (χ0v) is 28.7. The number of imidazole rings is 2. The molecule has 2 aromatic carbocycles. The molecule has 10 nitrogen and oxygen atoms in total. The number of aromatic amines is 2. The summed E-state index contributed by atoms with van der Waals surface area (Å²) in [6.07, 6.45) is 4.22. The van der Waals surface area contributed by atoms with Crippen molar-refractivity contribution in [1.82, 2.24) is 29.7 Å². The molecule has 0 spiro atoms. The SMILES string of the molecule is CC(C)(C)OC(=O)N1CCC[C@H]1c1nc2c(F)cc(C#Cc3ccc(-c4cnc([C@@]5(C)CCCN5C(=O)OC(C)(C)C)[nH]4)cc3)cc2[nH]1. The van der Waals surface area contributed by atoms with E-state index >= 15 is 4.39 Å². The number of hydrogen-bond acceptors (Lipinski definition) is 6. The number of halogens is 1. The molecule has 2 fully saturated rings. The second-order valence-corrected chi connectivity index (χ2v) is 14.8. The molecule has 4 heterocycles. The molecule has 6 rings (SSSR count). The highest BCUT2D eigenvalue weighted by Gasteiger charge is 2.45. The van der Waals surface area contributed by atoms with E-state index in [1.807, 2.05) is 72.7 Å². The molecule has 48 heavy (non-hydrogen) atoms. The average molecular weight is 655 g/mol. The predicted octanol–water partition coefficient (Wildman–Crippen LogP) is 7.81. The number of carbonyl (C=O) groups excluding carboxylic acids is 2. The van der Waals surface area contributed by atoms with Gasteiger partial charge < -0.3 is 19.4 Å². The molecule has 252 valence electrons. The lowest BCUT2D eigenvalue weighted by Gasteiger charge is -2.34. The van der Waals surface area contributed by atoms with Crippen molar-refractivity contribution in [2.45, 2.75) is 96.9 Å². The number of fused-ring (bicyclic) bond motifs is 1. The van der Waals surface area contributed by atoms with Crippen molar-refractivity contribution in [3.8, 4) is 23.1 Å². The van der Waals surface area contributed by atoms with Crippen LogP contribution in [0.5, 0.6) is 0 Å². The quantitative estimate of drug-likeness (QED) is 0.218. The lowest BCUT2D eigenvalue weighted by molar-refractivity contribution is 0.00857. The number of rotatable bonds is 3. The predicted molar refractivity (Wildman–Crippen MR) is 180 cm³/mol. The first-order valence-corrected chi connectivity index (χ1v) is 16.5. The van der Waals surface area contributed by atoms with Gasteiger partial charge in [0.05, 0.1) is 23.4 Å². The average Bonchev–Trinajstić information content (AvgIpc) is 3.80. The molecular weight excluding hydrogens is 611 g/mol. The van der Waals surface area contributed by atoms with Gasteiger partial charge in [0, 0.05) is 24.2 Å². The maximum atomic E-state index is 15.2. The van der Waals surface area contributed by atoms with Crippen LogP contribution < -0.4 is 0 Å². The molecule has 2 aromatic heterocycles. The highest BCUT2D eigenvalue weighted by Crippen LogP contribution is 2.39. The summed E-state index contributed by atoms with van der Waals surface area (Å²) in [5.74, 6) is 6.97. The van der Waals surface area contributed by atoms with Gasteiger partial charge >= 0.3 is 12.2 Å². The second kappa shape index (κ2) is 12.3. The van der Waals surface area contributed by atoms with E-state index in [1.165, 1.54) is 6.07 Å². The highest BCUT2D eigenvalue weighted by molar-refractivity contribution is 5.78. The fourth-order valence-corrected chi connectivity index (χ4v) is 6.35. The number of ether oxygens (including phenoxy) is 2. The van der Waals surface area contributed by atoms with Crippen LogP contribution >= 0.6 is 0 Å². The van der Waals surface area contributed by atoms with Crippen molar-refractivity contribution >= 4 is 23.2 Å². The van der Waals surface area contributed by atoms with Crippen molar-refractivity contribution in [1.29, 1.82) is 0 Å². The van der Waals surface area contributed by atoms with Gasteiger partial charge in [-0.25, -0.2) is 23.9 Å². The molecule has 2 saturated heterocycles. The van der Waals surface area contributed by atoms with E-state index in [0.717, 1.165) is 41.9 Å². The number of aromatic nitrogens is 4. The summed E-state index contributed by atoms with van der Waals surface area (Å²) >= 11 is 0. The van der Waals surface area contributed by atoms with Crippen LogP contribution in [0.2, 0.25) is 0 Å². The van der Waals surface area contributed by atoms with E-state index in [4.69, 9.17) is 9.47 Å². The van der Waals surface area contributed by atoms with E-state index in [2.05, 4.69) is 31.8 Å². The van der Waals surface area contributed by atoms with Gasteiger partial charge in [-0.2, -0.15) is 0 Å². The van der Waals surface area contributed by atoms with Crippen molar-refractivity contribution in [2.75, 3.05) is 13.1 Å². The van der Waals surface area contributed by atoms with E-state index in [1.54, 1.807) is 22.1 Å². The first-order valence-electron chi connectivity index (χ1n) is 16.5. The molecule has 11 heteroatoms. The lowest BCUT2D eigenvalue weighted by Crippen LogP contribution is -2.46. The molecule has 0 radical (unpaired) electrons. The molecular formula is C37H43FN6O4. The Kier molecular flexibility index (Phi) is 8.48. The number of nitrogens with one attached hydrogen (secondary N) is 2. The number of likely N-dealkylation sites (tertiary alicyclic amines) is 2. The van der Waals surface area contributed by atoms with Crippen LogP contribution in [-0.2, 0) is 15.0 Å². The van der Waals surface area contributed by atoms with Gasteiger partial charge in [-0.3, -0.25) is 9.80 Å². The van der Waals surface area contributed by atoms with Gasteiger partial charge in [-0.1, -0.05) is 24.0 Å². The Morgan fingerprint density at radius 3 is 2.33 bits per heavy atom. The summed E-state index contributed by atoms with van der Waals surface area (Å²) < 4.78 is 26.4. The minimum absolute atomic E-state index is 0.218. The standard InChI is InChI=1S/C37H43FN6O4/c1-35(2,3)47-33(45)43-18-8-10-29(43)31-40-27-21-24(20-26(38)30(27)42-31)12-11-23-13-15-25(16-14-23)28-22-39-32(41-28)37(7)17-9-19-44(37)34(46)48-36(4,5)6/h13-16,20-22,29H,8-10,17-19H2,1-7H3,(H,39,41)(H,40,42)/t29-,37+/m0/s1. The first-order chi connectivity index (χ1) is 22.6. The molecule has 2 aliphatic rings. The van der Waals surface area contributed by atoms with Gasteiger partial charge in [0.25, 0.3) is 0 Å². The molecule has 0 saturated carbocycles. The minimum atomic E-state index is -0.610. The maximum Gasteiger partial charge on any atom is 0.411 e. The van der Waals surface area contributed by atoms with Crippen LogP contribution in [-0.4, -0.2) is 66.2 Å². The molecule has 4 aromatic rings. The Morgan fingerprint density at radius 2 is 1.62 bits per heavy atom. The van der Waals surface area contributed by atoms with Gasteiger partial charge in [-0.15, -0.1) is 0 Å². The third kappa shape index (κ3) is 6.89. The highest BCUT2D eigenvalue weighted by atomic mass is 19.1. The van der Waals surface area contributed by atoms with E-state index < -0.39 is 28.7 Å². The topological polar surface area (TPSA) is 116 Å². The van der Waals surface area contributed by atoms with Crippen LogP contribution in [0.15, 0.2) is 42.6 Å². The smallest absolute Gasteiger partial charge is 0.411 e. The molecule has 2 amide bonds. The largest absolute Gasteiger partial charge is 0.444 e. The summed E-state index contributed by atoms with van der Waals surface area (Å²) in [6, 6.07) is 10.6. The van der Waals surface area contributed by atoms with Crippen molar-refractivity contribution in [3.05, 3.63) is 71.2 Å². The molecule has 2 N–H and O–H groups in total. The Hall–Kier alpha value is -4.85. The fourth-order valence-electron chi connectivity index (χ4n) is 6.35. The van der Waals surface area contributed by atoms with E-state index in [0.29, 0.717) is 36.4 Å². The van der Waals surface area contributed by atoms with Crippen molar-refractivity contribution in [3.63, 3.8) is 0 Å².